The Balaban J connectivity index is 2.17. The molecular weight excluding hydrogens is 208 g/mol. The molecule has 0 saturated carbocycles. The maximum Gasteiger partial charge on any atom is 0.169 e. The van der Waals surface area contributed by atoms with E-state index in [2.05, 4.69) is 0 Å². The number of hydrogen-bond acceptors (Lipinski definition) is 4. The fourth-order valence-electron chi connectivity index (χ4n) is 1.89. The molecule has 0 unspecified atom stereocenters. The topological polar surface area (TPSA) is 47.9 Å². The van der Waals surface area contributed by atoms with Crippen molar-refractivity contribution >= 4 is 0 Å². The smallest absolute Gasteiger partial charge is 0.169 e. The zero-order valence-electron chi connectivity index (χ0n) is 9.53. The average Bonchev–Trinajstić information content (AvgIpc) is 2.63. The molecule has 2 rings (SSSR count). The van der Waals surface area contributed by atoms with Gasteiger partial charge in [-0.25, -0.2) is 0 Å². The van der Waals surface area contributed by atoms with Crippen LogP contribution in [0.15, 0.2) is 18.2 Å². The summed E-state index contributed by atoms with van der Waals surface area (Å²) < 4.78 is 16.1. The van der Waals surface area contributed by atoms with Crippen molar-refractivity contribution < 1.29 is 19.3 Å². The maximum atomic E-state index is 9.52. The molecule has 1 N–H and O–H groups in total. The van der Waals surface area contributed by atoms with E-state index in [1.165, 1.54) is 0 Å². The summed E-state index contributed by atoms with van der Waals surface area (Å²) in [6, 6.07) is 5.14. The number of ether oxygens (including phenoxy) is 3. The first-order valence-corrected chi connectivity index (χ1v) is 5.26. The lowest BCUT2D eigenvalue weighted by Crippen LogP contribution is -2.28. The van der Waals surface area contributed by atoms with Crippen LogP contribution in [0.4, 0.5) is 0 Å². The van der Waals surface area contributed by atoms with E-state index in [4.69, 9.17) is 14.2 Å². The third-order valence-electron chi connectivity index (χ3n) is 2.61. The summed E-state index contributed by atoms with van der Waals surface area (Å²) in [6.45, 7) is 3.13. The number of benzene rings is 1. The van der Waals surface area contributed by atoms with Crippen LogP contribution in [-0.2, 0) is 15.9 Å². The number of hydrogen-bond donors (Lipinski definition) is 1. The van der Waals surface area contributed by atoms with Crippen molar-refractivity contribution in [2.24, 2.45) is 0 Å². The van der Waals surface area contributed by atoms with Gasteiger partial charge in [0.1, 0.15) is 11.5 Å². The Hall–Kier alpha value is -1.26. The summed E-state index contributed by atoms with van der Waals surface area (Å²) in [4.78, 5) is 0. The lowest BCUT2D eigenvalue weighted by Gasteiger charge is -2.22. The quantitative estimate of drug-likeness (QED) is 0.849. The van der Waals surface area contributed by atoms with Gasteiger partial charge in [0.05, 0.1) is 20.3 Å². The van der Waals surface area contributed by atoms with Gasteiger partial charge in [0.2, 0.25) is 0 Å². The van der Waals surface area contributed by atoms with Crippen LogP contribution in [0.2, 0.25) is 0 Å². The molecule has 1 heterocycles. The first-order valence-electron chi connectivity index (χ1n) is 5.26. The van der Waals surface area contributed by atoms with Crippen LogP contribution in [0, 0.1) is 0 Å². The van der Waals surface area contributed by atoms with Gasteiger partial charge >= 0.3 is 0 Å². The van der Waals surface area contributed by atoms with E-state index in [9.17, 15) is 5.11 Å². The monoisotopic (exact) mass is 224 g/mol. The van der Waals surface area contributed by atoms with Crippen LogP contribution in [0.5, 0.6) is 11.5 Å². The largest absolute Gasteiger partial charge is 0.508 e. The molecule has 4 nitrogen and oxygen atoms in total. The summed E-state index contributed by atoms with van der Waals surface area (Å²) >= 11 is 0. The van der Waals surface area contributed by atoms with Crippen LogP contribution in [0.1, 0.15) is 12.5 Å². The van der Waals surface area contributed by atoms with Gasteiger partial charge in [0.15, 0.2) is 5.79 Å². The van der Waals surface area contributed by atoms with Gasteiger partial charge in [-0.15, -0.1) is 0 Å². The van der Waals surface area contributed by atoms with Crippen molar-refractivity contribution in [3.05, 3.63) is 23.8 Å². The third kappa shape index (κ3) is 2.46. The van der Waals surface area contributed by atoms with Gasteiger partial charge in [-0.1, -0.05) is 0 Å². The van der Waals surface area contributed by atoms with E-state index in [0.717, 1.165) is 5.56 Å². The number of phenols is 1. The second-order valence-electron chi connectivity index (χ2n) is 4.05. The highest BCUT2D eigenvalue weighted by Gasteiger charge is 2.31. The minimum atomic E-state index is -0.585. The van der Waals surface area contributed by atoms with Crippen molar-refractivity contribution in [1.82, 2.24) is 0 Å². The Morgan fingerprint density at radius 1 is 1.31 bits per heavy atom. The molecule has 1 aromatic rings. The fourth-order valence-corrected chi connectivity index (χ4v) is 1.89. The molecule has 88 valence electrons. The maximum absolute atomic E-state index is 9.52. The Morgan fingerprint density at radius 3 is 2.62 bits per heavy atom. The third-order valence-corrected chi connectivity index (χ3v) is 2.61. The Bertz CT molecular complexity index is 369. The van der Waals surface area contributed by atoms with E-state index < -0.39 is 5.79 Å². The molecule has 0 radical (unpaired) electrons. The highest BCUT2D eigenvalue weighted by molar-refractivity contribution is 5.38. The van der Waals surface area contributed by atoms with Crippen LogP contribution in [0.25, 0.3) is 0 Å². The lowest BCUT2D eigenvalue weighted by molar-refractivity contribution is -0.140. The molecule has 0 spiro atoms. The van der Waals surface area contributed by atoms with E-state index >= 15 is 0 Å². The summed E-state index contributed by atoms with van der Waals surface area (Å²) in [5, 5.41) is 9.52. The lowest BCUT2D eigenvalue weighted by atomic mass is 10.1. The van der Waals surface area contributed by atoms with Gasteiger partial charge in [-0.05, 0) is 24.6 Å². The van der Waals surface area contributed by atoms with E-state index in [1.54, 1.807) is 19.2 Å². The van der Waals surface area contributed by atoms with E-state index in [-0.39, 0.29) is 5.75 Å². The second-order valence-corrected chi connectivity index (χ2v) is 4.05. The van der Waals surface area contributed by atoms with E-state index in [0.29, 0.717) is 25.4 Å². The van der Waals surface area contributed by atoms with Crippen molar-refractivity contribution in [3.8, 4) is 11.5 Å². The standard InChI is InChI=1S/C12H16O4/c1-12(15-3-4-16-12)8-9-5-10(13)7-11(6-9)14-2/h5-7,13H,3-4,8H2,1-2H3. The molecule has 1 aliphatic rings. The molecular formula is C12H16O4. The van der Waals surface area contributed by atoms with Crippen molar-refractivity contribution in [2.75, 3.05) is 20.3 Å². The molecule has 16 heavy (non-hydrogen) atoms. The zero-order valence-corrected chi connectivity index (χ0v) is 9.53. The fraction of sp³-hybridized carbons (Fsp3) is 0.500. The average molecular weight is 224 g/mol. The van der Waals surface area contributed by atoms with Crippen molar-refractivity contribution in [1.29, 1.82) is 0 Å². The van der Waals surface area contributed by atoms with E-state index in [1.807, 2.05) is 13.0 Å². The number of aromatic hydroxyl groups is 1. The minimum absolute atomic E-state index is 0.191. The minimum Gasteiger partial charge on any atom is -0.508 e. The van der Waals surface area contributed by atoms with Crippen molar-refractivity contribution in [2.45, 2.75) is 19.1 Å². The molecule has 0 amide bonds. The van der Waals surface area contributed by atoms with Gasteiger partial charge in [0, 0.05) is 12.5 Å². The van der Waals surface area contributed by atoms with Gasteiger partial charge in [-0.3, -0.25) is 0 Å². The second kappa shape index (κ2) is 4.31. The molecule has 1 fully saturated rings. The SMILES string of the molecule is COc1cc(O)cc(CC2(C)OCCO2)c1. The predicted octanol–water partition coefficient (Wildman–Crippen LogP) is 1.71. The first kappa shape index (κ1) is 11.2. The van der Waals surface area contributed by atoms with Crippen molar-refractivity contribution in [3.63, 3.8) is 0 Å². The van der Waals surface area contributed by atoms with Gasteiger partial charge in [-0.2, -0.15) is 0 Å². The summed E-state index contributed by atoms with van der Waals surface area (Å²) in [6.07, 6.45) is 0.595. The number of rotatable bonds is 3. The van der Waals surface area contributed by atoms with Crippen LogP contribution in [-0.4, -0.2) is 31.2 Å². The molecule has 1 aromatic carbocycles. The Labute approximate surface area is 94.8 Å². The molecule has 4 heteroatoms. The van der Waals surface area contributed by atoms with Gasteiger partial charge in [0.25, 0.3) is 0 Å². The molecule has 1 saturated heterocycles. The molecule has 1 aliphatic heterocycles. The van der Waals surface area contributed by atoms with Gasteiger partial charge < -0.3 is 19.3 Å². The highest BCUT2D eigenvalue weighted by atomic mass is 16.7. The number of phenolic OH excluding ortho intramolecular Hbond substituents is 1. The van der Waals surface area contributed by atoms with Crippen LogP contribution in [0.3, 0.4) is 0 Å². The summed E-state index contributed by atoms with van der Waals surface area (Å²) in [7, 11) is 1.57. The summed E-state index contributed by atoms with van der Waals surface area (Å²) in [5.74, 6) is 0.242. The Kier molecular flexibility index (Phi) is 3.03. The normalized spacial score (nSPS) is 18.6. The summed E-state index contributed by atoms with van der Waals surface area (Å²) in [5.41, 5.74) is 0.932. The van der Waals surface area contributed by atoms with Crippen LogP contribution >= 0.6 is 0 Å². The zero-order chi connectivity index (χ0) is 11.6. The molecule has 0 aliphatic carbocycles. The molecule has 0 bridgehead atoms. The highest BCUT2D eigenvalue weighted by Crippen LogP contribution is 2.28. The predicted molar refractivity (Wildman–Crippen MR) is 58.7 cm³/mol. The number of methoxy groups -OCH3 is 1. The Morgan fingerprint density at radius 2 is 2.00 bits per heavy atom. The first-order chi connectivity index (χ1) is 7.61. The molecule has 0 atom stereocenters. The van der Waals surface area contributed by atoms with Crippen LogP contribution < -0.4 is 4.74 Å². The molecule has 0 aromatic heterocycles.